The number of hydrogen-bond acceptors (Lipinski definition) is 3. The van der Waals surface area contributed by atoms with Gasteiger partial charge < -0.3 is 9.64 Å². The van der Waals surface area contributed by atoms with Crippen LogP contribution in [0.2, 0.25) is 0 Å². The first-order valence-electron chi connectivity index (χ1n) is 6.62. The monoisotopic (exact) mass is 229 g/mol. The van der Waals surface area contributed by atoms with Gasteiger partial charge in [-0.2, -0.15) is 0 Å². The maximum absolute atomic E-state index is 11.3. The molecule has 0 aliphatic carbocycles. The quantitative estimate of drug-likeness (QED) is 0.426. The molecule has 0 aromatic carbocycles. The van der Waals surface area contributed by atoms with E-state index in [1.165, 1.54) is 12.8 Å². The molecular formula is C13H27NO2. The molecule has 0 saturated heterocycles. The molecule has 0 saturated carbocycles. The van der Waals surface area contributed by atoms with E-state index in [0.29, 0.717) is 13.0 Å². The van der Waals surface area contributed by atoms with Gasteiger partial charge in [-0.15, -0.1) is 0 Å². The first-order chi connectivity index (χ1) is 7.74. The number of carbonyl (C=O) groups is 1. The van der Waals surface area contributed by atoms with Crippen LogP contribution in [-0.2, 0) is 9.53 Å². The largest absolute Gasteiger partial charge is 0.464 e. The van der Waals surface area contributed by atoms with Crippen molar-refractivity contribution in [2.75, 3.05) is 26.2 Å². The minimum absolute atomic E-state index is 0.0386. The summed E-state index contributed by atoms with van der Waals surface area (Å²) in [6.07, 6.45) is 5.11. The van der Waals surface area contributed by atoms with Crippen LogP contribution < -0.4 is 0 Å². The fraction of sp³-hybridized carbons (Fsp3) is 0.923. The number of likely N-dealkylation sites (N-methyl/N-ethyl adjacent to an activating group) is 1. The lowest BCUT2D eigenvalue weighted by Gasteiger charge is -2.17. The van der Waals surface area contributed by atoms with Crippen molar-refractivity contribution >= 4 is 5.97 Å². The van der Waals surface area contributed by atoms with Crippen LogP contribution in [0, 0.1) is 0 Å². The molecule has 0 bridgehead atoms. The van der Waals surface area contributed by atoms with Gasteiger partial charge in [0.15, 0.2) is 0 Å². The molecule has 3 nitrogen and oxygen atoms in total. The number of carbonyl (C=O) groups excluding carboxylic acids is 1. The highest BCUT2D eigenvalue weighted by Crippen LogP contribution is 2.03. The van der Waals surface area contributed by atoms with Crippen LogP contribution in [0.4, 0.5) is 0 Å². The highest BCUT2D eigenvalue weighted by atomic mass is 16.5. The molecule has 3 heteroatoms. The molecule has 0 aliphatic heterocycles. The number of unbranched alkanes of at least 4 members (excludes halogenated alkanes) is 3. The van der Waals surface area contributed by atoms with E-state index in [-0.39, 0.29) is 5.97 Å². The van der Waals surface area contributed by atoms with E-state index >= 15 is 0 Å². The molecule has 16 heavy (non-hydrogen) atoms. The first-order valence-corrected chi connectivity index (χ1v) is 6.62. The molecule has 0 atom stereocenters. The Balaban J connectivity index is 3.36. The molecule has 96 valence electrons. The summed E-state index contributed by atoms with van der Waals surface area (Å²) in [6, 6.07) is 0. The Hall–Kier alpha value is -0.570. The normalized spacial score (nSPS) is 10.8. The minimum atomic E-state index is -0.0386. The minimum Gasteiger partial charge on any atom is -0.464 e. The molecule has 0 heterocycles. The predicted molar refractivity (Wildman–Crippen MR) is 67.5 cm³/mol. The third-order valence-electron chi connectivity index (χ3n) is 2.80. The molecular weight excluding hydrogens is 202 g/mol. The Bertz CT molecular complexity index is 167. The van der Waals surface area contributed by atoms with E-state index in [1.807, 2.05) is 0 Å². The van der Waals surface area contributed by atoms with Gasteiger partial charge in [-0.3, -0.25) is 4.79 Å². The van der Waals surface area contributed by atoms with E-state index in [1.54, 1.807) is 0 Å². The summed E-state index contributed by atoms with van der Waals surface area (Å²) in [7, 11) is 0. The summed E-state index contributed by atoms with van der Waals surface area (Å²) < 4.78 is 5.18. The molecule has 0 rings (SSSR count). The summed E-state index contributed by atoms with van der Waals surface area (Å²) in [5.41, 5.74) is 0. The molecule has 0 N–H and O–H groups in total. The van der Waals surface area contributed by atoms with Crippen molar-refractivity contribution in [1.82, 2.24) is 4.90 Å². The summed E-state index contributed by atoms with van der Waals surface area (Å²) in [5, 5.41) is 0. The summed E-state index contributed by atoms with van der Waals surface area (Å²) >= 11 is 0. The van der Waals surface area contributed by atoms with Crippen molar-refractivity contribution in [3.8, 4) is 0 Å². The number of esters is 1. The molecule has 0 aliphatic rings. The molecule has 0 radical (unpaired) electrons. The second kappa shape index (κ2) is 10.9. The molecule has 0 aromatic rings. The Morgan fingerprint density at radius 2 is 1.75 bits per heavy atom. The smallest absolute Gasteiger partial charge is 0.305 e. The number of nitrogens with zero attached hydrogens (tertiary/aromatic N) is 1. The molecule has 0 fully saturated rings. The van der Waals surface area contributed by atoms with Crippen LogP contribution in [0.25, 0.3) is 0 Å². The Morgan fingerprint density at radius 3 is 2.31 bits per heavy atom. The number of hydrogen-bond donors (Lipinski definition) is 0. The standard InChI is InChI=1S/C13H27NO2/c1-4-7-8-9-10-13(15)16-12-11-14(5-2)6-3/h4-12H2,1-3H3. The van der Waals surface area contributed by atoms with Crippen LogP contribution in [0.15, 0.2) is 0 Å². The summed E-state index contributed by atoms with van der Waals surface area (Å²) in [5.74, 6) is -0.0386. The zero-order chi connectivity index (χ0) is 12.2. The lowest BCUT2D eigenvalue weighted by atomic mass is 10.2. The van der Waals surface area contributed by atoms with Gasteiger partial charge in [0.25, 0.3) is 0 Å². The van der Waals surface area contributed by atoms with Crippen molar-refractivity contribution in [2.24, 2.45) is 0 Å². The van der Waals surface area contributed by atoms with Gasteiger partial charge in [-0.05, 0) is 19.5 Å². The third kappa shape index (κ3) is 8.72. The van der Waals surface area contributed by atoms with Crippen molar-refractivity contribution < 1.29 is 9.53 Å². The van der Waals surface area contributed by atoms with Gasteiger partial charge in [0.05, 0.1) is 0 Å². The molecule has 0 spiro atoms. The highest BCUT2D eigenvalue weighted by molar-refractivity contribution is 5.69. The van der Waals surface area contributed by atoms with Gasteiger partial charge in [-0.25, -0.2) is 0 Å². The topological polar surface area (TPSA) is 29.5 Å². The van der Waals surface area contributed by atoms with Gasteiger partial charge >= 0.3 is 5.97 Å². The average Bonchev–Trinajstić information content (AvgIpc) is 2.30. The predicted octanol–water partition coefficient (Wildman–Crippen LogP) is 2.84. The van der Waals surface area contributed by atoms with E-state index in [9.17, 15) is 4.79 Å². The number of ether oxygens (including phenoxy) is 1. The van der Waals surface area contributed by atoms with E-state index in [2.05, 4.69) is 25.7 Å². The molecule has 0 amide bonds. The fourth-order valence-corrected chi connectivity index (χ4v) is 1.60. The van der Waals surface area contributed by atoms with Crippen LogP contribution in [0.1, 0.15) is 52.9 Å². The zero-order valence-corrected chi connectivity index (χ0v) is 11.1. The zero-order valence-electron chi connectivity index (χ0n) is 11.1. The van der Waals surface area contributed by atoms with Crippen LogP contribution in [0.5, 0.6) is 0 Å². The summed E-state index contributed by atoms with van der Waals surface area (Å²) in [6.45, 7) is 9.84. The fourth-order valence-electron chi connectivity index (χ4n) is 1.60. The second-order valence-electron chi connectivity index (χ2n) is 4.06. The van der Waals surface area contributed by atoms with Crippen molar-refractivity contribution in [3.05, 3.63) is 0 Å². The maximum Gasteiger partial charge on any atom is 0.305 e. The van der Waals surface area contributed by atoms with Crippen LogP contribution in [-0.4, -0.2) is 37.1 Å². The Labute approximate surface area is 100 Å². The highest BCUT2D eigenvalue weighted by Gasteiger charge is 2.04. The third-order valence-corrected chi connectivity index (χ3v) is 2.80. The first kappa shape index (κ1) is 15.4. The second-order valence-corrected chi connectivity index (χ2v) is 4.06. The summed E-state index contributed by atoms with van der Waals surface area (Å²) in [4.78, 5) is 13.6. The van der Waals surface area contributed by atoms with Crippen molar-refractivity contribution in [3.63, 3.8) is 0 Å². The lowest BCUT2D eigenvalue weighted by Crippen LogP contribution is -2.27. The molecule has 0 aromatic heterocycles. The Morgan fingerprint density at radius 1 is 1.06 bits per heavy atom. The maximum atomic E-state index is 11.3. The van der Waals surface area contributed by atoms with Gasteiger partial charge in [-0.1, -0.05) is 40.0 Å². The average molecular weight is 229 g/mol. The van der Waals surface area contributed by atoms with Gasteiger partial charge in [0.2, 0.25) is 0 Å². The lowest BCUT2D eigenvalue weighted by molar-refractivity contribution is -0.144. The van der Waals surface area contributed by atoms with Crippen LogP contribution >= 0.6 is 0 Å². The van der Waals surface area contributed by atoms with Crippen molar-refractivity contribution in [2.45, 2.75) is 52.9 Å². The van der Waals surface area contributed by atoms with Crippen molar-refractivity contribution in [1.29, 1.82) is 0 Å². The van der Waals surface area contributed by atoms with E-state index < -0.39 is 0 Å². The van der Waals surface area contributed by atoms with Crippen LogP contribution in [0.3, 0.4) is 0 Å². The Kier molecular flexibility index (Phi) is 10.5. The van der Waals surface area contributed by atoms with E-state index in [4.69, 9.17) is 4.74 Å². The van der Waals surface area contributed by atoms with E-state index in [0.717, 1.165) is 32.5 Å². The molecule has 0 unspecified atom stereocenters. The van der Waals surface area contributed by atoms with Gasteiger partial charge in [0, 0.05) is 13.0 Å². The SMILES string of the molecule is CCCCCCC(=O)OCCN(CC)CC. The number of rotatable bonds is 10. The van der Waals surface area contributed by atoms with Gasteiger partial charge in [0.1, 0.15) is 6.61 Å².